The van der Waals surface area contributed by atoms with E-state index in [1.54, 1.807) is 0 Å². The molecular formula is C17H35N. The van der Waals surface area contributed by atoms with Crippen molar-refractivity contribution in [3.8, 4) is 0 Å². The molecule has 1 N–H and O–H groups in total. The van der Waals surface area contributed by atoms with E-state index >= 15 is 0 Å². The Labute approximate surface area is 115 Å². The van der Waals surface area contributed by atoms with Crippen LogP contribution in [0.15, 0.2) is 0 Å². The summed E-state index contributed by atoms with van der Waals surface area (Å²) in [6.07, 6.45) is 10.0. The van der Waals surface area contributed by atoms with Crippen LogP contribution in [0, 0.1) is 23.2 Å². The van der Waals surface area contributed by atoms with E-state index in [1.807, 2.05) is 0 Å². The van der Waals surface area contributed by atoms with E-state index in [4.69, 9.17) is 0 Å². The van der Waals surface area contributed by atoms with Gasteiger partial charge in [0.15, 0.2) is 0 Å². The normalized spacial score (nSPS) is 29.5. The van der Waals surface area contributed by atoms with Crippen LogP contribution >= 0.6 is 0 Å². The van der Waals surface area contributed by atoms with Crippen molar-refractivity contribution in [1.29, 1.82) is 0 Å². The highest BCUT2D eigenvalue weighted by atomic mass is 14.8. The van der Waals surface area contributed by atoms with Crippen LogP contribution in [0.1, 0.15) is 72.6 Å². The van der Waals surface area contributed by atoms with E-state index in [0.29, 0.717) is 5.41 Å². The van der Waals surface area contributed by atoms with Crippen molar-refractivity contribution in [1.82, 2.24) is 5.32 Å². The molecule has 0 heterocycles. The predicted molar refractivity (Wildman–Crippen MR) is 81.8 cm³/mol. The zero-order valence-corrected chi connectivity index (χ0v) is 13.4. The van der Waals surface area contributed by atoms with Gasteiger partial charge in [0.1, 0.15) is 0 Å². The number of hydrogen-bond donors (Lipinski definition) is 1. The number of rotatable bonds is 6. The summed E-state index contributed by atoms with van der Waals surface area (Å²) >= 11 is 0. The van der Waals surface area contributed by atoms with Gasteiger partial charge in [-0.15, -0.1) is 0 Å². The summed E-state index contributed by atoms with van der Waals surface area (Å²) < 4.78 is 0. The van der Waals surface area contributed by atoms with Crippen molar-refractivity contribution in [2.24, 2.45) is 23.2 Å². The van der Waals surface area contributed by atoms with Crippen LogP contribution in [0.3, 0.4) is 0 Å². The summed E-state index contributed by atoms with van der Waals surface area (Å²) in [4.78, 5) is 0. The molecule has 0 aliphatic heterocycles. The van der Waals surface area contributed by atoms with Crippen molar-refractivity contribution in [2.45, 2.75) is 72.6 Å². The standard InChI is InChI=1S/C17H35N/c1-6-7-8-9-14-12-16(17(2,3)4)11-10-15(14)13-18-5/h14-16,18H,6-13H2,1-5H3. The molecule has 1 fully saturated rings. The summed E-state index contributed by atoms with van der Waals surface area (Å²) in [5.41, 5.74) is 0.508. The van der Waals surface area contributed by atoms with Gasteiger partial charge in [0.05, 0.1) is 0 Å². The molecule has 0 bridgehead atoms. The van der Waals surface area contributed by atoms with Crippen molar-refractivity contribution < 1.29 is 0 Å². The van der Waals surface area contributed by atoms with E-state index < -0.39 is 0 Å². The molecule has 1 aliphatic carbocycles. The third-order valence-corrected chi connectivity index (χ3v) is 5.01. The first-order valence-electron chi connectivity index (χ1n) is 8.13. The van der Waals surface area contributed by atoms with Crippen LogP contribution in [-0.4, -0.2) is 13.6 Å². The average molecular weight is 253 g/mol. The summed E-state index contributed by atoms with van der Waals surface area (Å²) in [6, 6.07) is 0. The number of nitrogens with one attached hydrogen (secondary N) is 1. The number of unbranched alkanes of at least 4 members (excludes halogenated alkanes) is 2. The van der Waals surface area contributed by atoms with Gasteiger partial charge < -0.3 is 5.32 Å². The van der Waals surface area contributed by atoms with Crippen LogP contribution in [0.25, 0.3) is 0 Å². The maximum atomic E-state index is 3.41. The second-order valence-corrected chi connectivity index (χ2v) is 7.45. The lowest BCUT2D eigenvalue weighted by Crippen LogP contribution is -2.35. The first-order chi connectivity index (χ1) is 8.49. The lowest BCUT2D eigenvalue weighted by molar-refractivity contribution is 0.0919. The molecule has 0 aromatic carbocycles. The minimum Gasteiger partial charge on any atom is -0.319 e. The molecule has 1 saturated carbocycles. The molecule has 1 nitrogen and oxygen atoms in total. The predicted octanol–water partition coefficient (Wildman–Crippen LogP) is 4.86. The Morgan fingerprint density at radius 2 is 1.78 bits per heavy atom. The molecule has 0 aromatic rings. The summed E-state index contributed by atoms with van der Waals surface area (Å²) in [7, 11) is 2.11. The average Bonchev–Trinajstić information content (AvgIpc) is 2.30. The Morgan fingerprint density at radius 3 is 2.33 bits per heavy atom. The van der Waals surface area contributed by atoms with Crippen molar-refractivity contribution in [2.75, 3.05) is 13.6 Å². The first-order valence-corrected chi connectivity index (χ1v) is 8.13. The van der Waals surface area contributed by atoms with Gasteiger partial charge in [0.25, 0.3) is 0 Å². The zero-order chi connectivity index (χ0) is 13.6. The fourth-order valence-corrected chi connectivity index (χ4v) is 3.65. The lowest BCUT2D eigenvalue weighted by Gasteiger charge is -2.42. The zero-order valence-electron chi connectivity index (χ0n) is 13.4. The summed E-state index contributed by atoms with van der Waals surface area (Å²) in [5.74, 6) is 2.85. The monoisotopic (exact) mass is 253 g/mol. The third kappa shape index (κ3) is 4.91. The van der Waals surface area contributed by atoms with E-state index in [2.05, 4.69) is 40.1 Å². The SMILES string of the molecule is CCCCCC1CC(C(C)(C)C)CCC1CNC. The first kappa shape index (κ1) is 16.0. The molecule has 0 radical (unpaired) electrons. The van der Waals surface area contributed by atoms with Crippen LogP contribution in [0.5, 0.6) is 0 Å². The smallest absolute Gasteiger partial charge is 0.00209 e. The highest BCUT2D eigenvalue weighted by Gasteiger charge is 2.34. The van der Waals surface area contributed by atoms with Crippen molar-refractivity contribution in [3.63, 3.8) is 0 Å². The quantitative estimate of drug-likeness (QED) is 0.666. The van der Waals surface area contributed by atoms with Crippen LogP contribution in [-0.2, 0) is 0 Å². The lowest BCUT2D eigenvalue weighted by atomic mass is 9.64. The van der Waals surface area contributed by atoms with Gasteiger partial charge in [0.2, 0.25) is 0 Å². The highest BCUT2D eigenvalue weighted by Crippen LogP contribution is 2.44. The molecule has 1 rings (SSSR count). The molecule has 0 aromatic heterocycles. The highest BCUT2D eigenvalue weighted by molar-refractivity contribution is 4.86. The molecule has 0 amide bonds. The topological polar surface area (TPSA) is 12.0 Å². The molecule has 1 aliphatic rings. The molecule has 18 heavy (non-hydrogen) atoms. The molecular weight excluding hydrogens is 218 g/mol. The third-order valence-electron chi connectivity index (χ3n) is 5.01. The van der Waals surface area contributed by atoms with Gasteiger partial charge in [-0.3, -0.25) is 0 Å². The number of hydrogen-bond acceptors (Lipinski definition) is 1. The molecule has 3 unspecified atom stereocenters. The molecule has 108 valence electrons. The van der Waals surface area contributed by atoms with Gasteiger partial charge in [-0.25, -0.2) is 0 Å². The van der Waals surface area contributed by atoms with Crippen LogP contribution < -0.4 is 5.32 Å². The Hall–Kier alpha value is -0.0400. The van der Waals surface area contributed by atoms with E-state index in [9.17, 15) is 0 Å². The van der Waals surface area contributed by atoms with E-state index in [1.165, 1.54) is 51.5 Å². The van der Waals surface area contributed by atoms with Gasteiger partial charge >= 0.3 is 0 Å². The van der Waals surface area contributed by atoms with Crippen molar-refractivity contribution in [3.05, 3.63) is 0 Å². The van der Waals surface area contributed by atoms with Crippen LogP contribution in [0.2, 0.25) is 0 Å². The molecule has 3 atom stereocenters. The van der Waals surface area contributed by atoms with Crippen LogP contribution in [0.4, 0.5) is 0 Å². The van der Waals surface area contributed by atoms with E-state index in [0.717, 1.165) is 17.8 Å². The summed E-state index contributed by atoms with van der Waals surface area (Å²) in [6.45, 7) is 10.8. The minimum absolute atomic E-state index is 0.508. The molecule has 0 saturated heterocycles. The minimum atomic E-state index is 0.508. The maximum absolute atomic E-state index is 3.41. The Morgan fingerprint density at radius 1 is 1.06 bits per heavy atom. The van der Waals surface area contributed by atoms with Gasteiger partial charge in [0, 0.05) is 0 Å². The van der Waals surface area contributed by atoms with Gasteiger partial charge in [-0.1, -0.05) is 53.4 Å². The fraction of sp³-hybridized carbons (Fsp3) is 1.00. The summed E-state index contributed by atoms with van der Waals surface area (Å²) in [5, 5.41) is 3.41. The fourth-order valence-electron chi connectivity index (χ4n) is 3.65. The van der Waals surface area contributed by atoms with Crippen molar-refractivity contribution >= 4 is 0 Å². The second kappa shape index (κ2) is 7.53. The Kier molecular flexibility index (Phi) is 6.70. The largest absolute Gasteiger partial charge is 0.319 e. The Bertz CT molecular complexity index is 216. The maximum Gasteiger partial charge on any atom is -0.00209 e. The Balaban J connectivity index is 2.52. The molecule has 1 heteroatoms. The van der Waals surface area contributed by atoms with Gasteiger partial charge in [-0.2, -0.15) is 0 Å². The second-order valence-electron chi connectivity index (χ2n) is 7.45. The van der Waals surface area contributed by atoms with Gasteiger partial charge in [-0.05, 0) is 56.0 Å². The van der Waals surface area contributed by atoms with E-state index in [-0.39, 0.29) is 0 Å². The molecule has 0 spiro atoms.